The third kappa shape index (κ3) is 5.52. The maximum absolute atomic E-state index is 12.4. The summed E-state index contributed by atoms with van der Waals surface area (Å²) >= 11 is 1.22. The standard InChI is InChI=1S/C17H17F2N5O3S/c1-23(9-12-4-6-13(7-5-12)27-16(18)19)15(25)11-28-17-20-21-22-24(17)10-14-3-2-8-26-14/h2-8,16H,9-11H2,1H3. The molecular formula is C17H17F2N5O3S. The third-order valence-corrected chi connectivity index (χ3v) is 4.65. The number of carbonyl (C=O) groups is 1. The first kappa shape index (κ1) is 19.8. The molecule has 1 aromatic carbocycles. The van der Waals surface area contributed by atoms with Crippen molar-refractivity contribution in [1.29, 1.82) is 0 Å². The number of carbonyl (C=O) groups excluding carboxylic acids is 1. The molecule has 0 saturated heterocycles. The van der Waals surface area contributed by atoms with Crippen LogP contribution >= 0.6 is 11.8 Å². The van der Waals surface area contributed by atoms with Crippen LogP contribution in [-0.4, -0.2) is 50.4 Å². The SMILES string of the molecule is CN(Cc1ccc(OC(F)F)cc1)C(=O)CSc1nnnn1Cc1ccco1. The van der Waals surface area contributed by atoms with Crippen LogP contribution < -0.4 is 4.74 Å². The molecule has 2 heterocycles. The van der Waals surface area contributed by atoms with Crippen LogP contribution in [0.3, 0.4) is 0 Å². The number of thioether (sulfide) groups is 1. The molecule has 0 aliphatic heterocycles. The maximum atomic E-state index is 12.4. The lowest BCUT2D eigenvalue weighted by molar-refractivity contribution is -0.127. The Morgan fingerprint density at radius 2 is 2.11 bits per heavy atom. The normalized spacial score (nSPS) is 11.0. The molecule has 1 amide bonds. The van der Waals surface area contributed by atoms with E-state index >= 15 is 0 Å². The molecule has 3 rings (SSSR count). The van der Waals surface area contributed by atoms with Gasteiger partial charge in [0, 0.05) is 13.6 Å². The number of benzene rings is 1. The van der Waals surface area contributed by atoms with Crippen LogP contribution in [0.2, 0.25) is 0 Å². The van der Waals surface area contributed by atoms with E-state index in [1.54, 1.807) is 36.2 Å². The van der Waals surface area contributed by atoms with Crippen molar-refractivity contribution >= 4 is 17.7 Å². The molecule has 2 aromatic heterocycles. The highest BCUT2D eigenvalue weighted by Crippen LogP contribution is 2.18. The van der Waals surface area contributed by atoms with E-state index in [0.29, 0.717) is 24.0 Å². The predicted octanol–water partition coefficient (Wildman–Crippen LogP) is 2.67. The summed E-state index contributed by atoms with van der Waals surface area (Å²) in [5.41, 5.74) is 0.796. The average molecular weight is 409 g/mol. The second kappa shape index (κ2) is 9.31. The second-order valence-corrected chi connectivity index (χ2v) is 6.70. The van der Waals surface area contributed by atoms with Crippen molar-refractivity contribution < 1.29 is 22.7 Å². The van der Waals surface area contributed by atoms with Crippen LogP contribution in [0, 0.1) is 0 Å². The van der Waals surface area contributed by atoms with E-state index < -0.39 is 6.61 Å². The van der Waals surface area contributed by atoms with Crippen molar-refractivity contribution in [1.82, 2.24) is 25.1 Å². The highest BCUT2D eigenvalue weighted by Gasteiger charge is 2.14. The summed E-state index contributed by atoms with van der Waals surface area (Å²) in [5.74, 6) is 0.815. The molecule has 0 aliphatic rings. The summed E-state index contributed by atoms with van der Waals surface area (Å²) in [6, 6.07) is 9.75. The van der Waals surface area contributed by atoms with Crippen molar-refractivity contribution in [3.63, 3.8) is 0 Å². The number of furan rings is 1. The molecule has 0 fully saturated rings. The lowest BCUT2D eigenvalue weighted by atomic mass is 10.2. The Balaban J connectivity index is 1.50. The van der Waals surface area contributed by atoms with Gasteiger partial charge in [-0.1, -0.05) is 23.9 Å². The molecule has 0 unspecified atom stereocenters. The number of halogens is 2. The summed E-state index contributed by atoms with van der Waals surface area (Å²) < 4.78 is 35.5. The maximum Gasteiger partial charge on any atom is 0.387 e. The zero-order valence-corrected chi connectivity index (χ0v) is 15.7. The fourth-order valence-corrected chi connectivity index (χ4v) is 3.14. The molecule has 148 valence electrons. The first-order valence-corrected chi connectivity index (χ1v) is 9.19. The minimum Gasteiger partial charge on any atom is -0.467 e. The van der Waals surface area contributed by atoms with E-state index in [9.17, 15) is 13.6 Å². The van der Waals surface area contributed by atoms with Gasteiger partial charge >= 0.3 is 6.61 Å². The topological polar surface area (TPSA) is 86.3 Å². The van der Waals surface area contributed by atoms with Crippen LogP contribution in [0.4, 0.5) is 8.78 Å². The van der Waals surface area contributed by atoms with Gasteiger partial charge in [-0.15, -0.1) is 5.10 Å². The smallest absolute Gasteiger partial charge is 0.387 e. The number of amides is 1. The Kier molecular flexibility index (Phi) is 6.58. The van der Waals surface area contributed by atoms with E-state index in [0.717, 1.165) is 5.56 Å². The Morgan fingerprint density at radius 1 is 1.32 bits per heavy atom. The molecule has 0 saturated carbocycles. The molecule has 0 radical (unpaired) electrons. The first-order valence-electron chi connectivity index (χ1n) is 8.20. The quantitative estimate of drug-likeness (QED) is 0.502. The monoisotopic (exact) mass is 409 g/mol. The van der Waals surface area contributed by atoms with Gasteiger partial charge in [-0.05, 0) is 40.3 Å². The lowest BCUT2D eigenvalue weighted by Gasteiger charge is -2.17. The van der Waals surface area contributed by atoms with E-state index in [2.05, 4.69) is 20.3 Å². The molecule has 0 atom stereocenters. The Hall–Kier alpha value is -2.95. The van der Waals surface area contributed by atoms with E-state index in [-0.39, 0.29) is 17.4 Å². The first-order chi connectivity index (χ1) is 13.5. The number of rotatable bonds is 9. The number of alkyl halides is 2. The van der Waals surface area contributed by atoms with E-state index in [4.69, 9.17) is 4.42 Å². The van der Waals surface area contributed by atoms with Gasteiger partial charge in [0.1, 0.15) is 18.1 Å². The predicted molar refractivity (Wildman–Crippen MR) is 95.9 cm³/mol. The van der Waals surface area contributed by atoms with Crippen LogP contribution in [0.1, 0.15) is 11.3 Å². The minimum absolute atomic E-state index is 0.0756. The number of aromatic nitrogens is 4. The summed E-state index contributed by atoms with van der Waals surface area (Å²) in [6.07, 6.45) is 1.57. The molecular weight excluding hydrogens is 392 g/mol. The third-order valence-electron chi connectivity index (χ3n) is 3.70. The largest absolute Gasteiger partial charge is 0.467 e. The minimum atomic E-state index is -2.86. The number of tetrazole rings is 1. The fourth-order valence-electron chi connectivity index (χ4n) is 2.32. The number of hydrogen-bond donors (Lipinski definition) is 0. The zero-order chi connectivity index (χ0) is 19.9. The van der Waals surface area contributed by atoms with Gasteiger partial charge in [0.25, 0.3) is 0 Å². The van der Waals surface area contributed by atoms with Crippen molar-refractivity contribution in [2.75, 3.05) is 12.8 Å². The van der Waals surface area contributed by atoms with Crippen molar-refractivity contribution in [2.45, 2.75) is 24.9 Å². The van der Waals surface area contributed by atoms with Crippen LogP contribution in [0.25, 0.3) is 0 Å². The van der Waals surface area contributed by atoms with E-state index in [1.807, 2.05) is 6.07 Å². The molecule has 0 N–H and O–H groups in total. The van der Waals surface area contributed by atoms with Crippen LogP contribution in [0.5, 0.6) is 5.75 Å². The zero-order valence-electron chi connectivity index (χ0n) is 14.9. The summed E-state index contributed by atoms with van der Waals surface area (Å²) in [5, 5.41) is 12.0. The fraction of sp³-hybridized carbons (Fsp3) is 0.294. The molecule has 3 aromatic rings. The van der Waals surface area contributed by atoms with Crippen LogP contribution in [0.15, 0.2) is 52.2 Å². The summed E-state index contributed by atoms with van der Waals surface area (Å²) in [6.45, 7) is -2.15. The molecule has 11 heteroatoms. The Morgan fingerprint density at radius 3 is 2.79 bits per heavy atom. The van der Waals surface area contributed by atoms with E-state index in [1.165, 1.54) is 28.8 Å². The number of ether oxygens (including phenoxy) is 1. The van der Waals surface area contributed by atoms with Crippen molar-refractivity contribution in [3.05, 3.63) is 54.0 Å². The van der Waals surface area contributed by atoms with Crippen molar-refractivity contribution in [3.8, 4) is 5.75 Å². The van der Waals surface area contributed by atoms with Crippen LogP contribution in [-0.2, 0) is 17.9 Å². The lowest BCUT2D eigenvalue weighted by Crippen LogP contribution is -2.27. The molecule has 0 spiro atoms. The molecule has 8 nitrogen and oxygen atoms in total. The van der Waals surface area contributed by atoms with Gasteiger partial charge in [-0.25, -0.2) is 4.68 Å². The van der Waals surface area contributed by atoms with Gasteiger partial charge < -0.3 is 14.1 Å². The highest BCUT2D eigenvalue weighted by atomic mass is 32.2. The average Bonchev–Trinajstić information content (AvgIpc) is 3.33. The summed E-state index contributed by atoms with van der Waals surface area (Å²) in [4.78, 5) is 13.9. The second-order valence-electron chi connectivity index (χ2n) is 5.76. The van der Waals surface area contributed by atoms with Gasteiger partial charge in [0.05, 0.1) is 12.0 Å². The van der Waals surface area contributed by atoms with Crippen molar-refractivity contribution in [2.24, 2.45) is 0 Å². The summed E-state index contributed by atoms with van der Waals surface area (Å²) in [7, 11) is 1.66. The molecule has 0 bridgehead atoms. The highest BCUT2D eigenvalue weighted by molar-refractivity contribution is 7.99. The van der Waals surface area contributed by atoms with Gasteiger partial charge in [-0.2, -0.15) is 8.78 Å². The number of hydrogen-bond acceptors (Lipinski definition) is 7. The Labute approximate surface area is 163 Å². The van der Waals surface area contributed by atoms with Gasteiger partial charge in [0.2, 0.25) is 11.1 Å². The van der Waals surface area contributed by atoms with Gasteiger partial charge in [-0.3, -0.25) is 4.79 Å². The Bertz CT molecular complexity index is 887. The molecule has 28 heavy (non-hydrogen) atoms. The molecule has 0 aliphatic carbocycles. The van der Waals surface area contributed by atoms with Gasteiger partial charge in [0.15, 0.2) is 0 Å². The number of nitrogens with zero attached hydrogens (tertiary/aromatic N) is 5.